The summed E-state index contributed by atoms with van der Waals surface area (Å²) in [5.41, 5.74) is 2.24. The maximum Gasteiger partial charge on any atom is 0.321 e. The summed E-state index contributed by atoms with van der Waals surface area (Å²) in [5, 5.41) is 5.90. The zero-order valence-corrected chi connectivity index (χ0v) is 20.5. The maximum absolute atomic E-state index is 13.4. The van der Waals surface area contributed by atoms with E-state index in [0.717, 1.165) is 16.7 Å². The number of fused-ring (bicyclic) bond motifs is 1. The summed E-state index contributed by atoms with van der Waals surface area (Å²) in [6, 6.07) is 26.4. The molecule has 0 fully saturated rings. The fourth-order valence-electron chi connectivity index (χ4n) is 5.04. The van der Waals surface area contributed by atoms with Crippen molar-refractivity contribution in [3.8, 4) is 0 Å². The highest BCUT2D eigenvalue weighted by Gasteiger charge is 2.49. The second-order valence-corrected chi connectivity index (χ2v) is 8.94. The highest BCUT2D eigenvalue weighted by molar-refractivity contribution is 5.94. The van der Waals surface area contributed by atoms with Gasteiger partial charge in [-0.15, -0.1) is 0 Å². The number of carbonyl (C=O) groups excluding carboxylic acids is 3. The van der Waals surface area contributed by atoms with Gasteiger partial charge >= 0.3 is 5.97 Å². The van der Waals surface area contributed by atoms with Gasteiger partial charge in [0, 0.05) is 18.7 Å². The molecule has 2 N–H and O–H groups in total. The Morgan fingerprint density at radius 1 is 0.861 bits per heavy atom. The second kappa shape index (κ2) is 11.7. The number of rotatable bonds is 9. The van der Waals surface area contributed by atoms with E-state index >= 15 is 0 Å². The van der Waals surface area contributed by atoms with E-state index in [4.69, 9.17) is 4.74 Å². The molecule has 6 nitrogen and oxygen atoms in total. The Kier molecular flexibility index (Phi) is 8.16. The van der Waals surface area contributed by atoms with E-state index in [1.54, 1.807) is 12.1 Å². The molecule has 2 amide bonds. The summed E-state index contributed by atoms with van der Waals surface area (Å²) in [5.74, 6) is -0.829. The largest absolute Gasteiger partial charge is 0.465 e. The van der Waals surface area contributed by atoms with Crippen LogP contribution in [0.15, 0.2) is 84.9 Å². The van der Waals surface area contributed by atoms with E-state index < -0.39 is 5.41 Å². The molecule has 6 heteroatoms. The van der Waals surface area contributed by atoms with Crippen molar-refractivity contribution in [1.82, 2.24) is 10.6 Å². The molecule has 2 atom stereocenters. The minimum atomic E-state index is -0.938. The lowest BCUT2D eigenvalue weighted by atomic mass is 9.63. The smallest absolute Gasteiger partial charge is 0.321 e. The lowest BCUT2D eigenvalue weighted by Gasteiger charge is -2.40. The third kappa shape index (κ3) is 5.18. The Labute approximate surface area is 212 Å². The second-order valence-electron chi connectivity index (χ2n) is 8.94. The number of amides is 2. The average molecular weight is 485 g/mol. The van der Waals surface area contributed by atoms with Gasteiger partial charge in [0.1, 0.15) is 5.41 Å². The molecular weight excluding hydrogens is 452 g/mol. The summed E-state index contributed by atoms with van der Waals surface area (Å²) in [6.07, 6.45) is 1.63. The molecule has 0 spiro atoms. The minimum absolute atomic E-state index is 0.0673. The van der Waals surface area contributed by atoms with Crippen molar-refractivity contribution in [2.75, 3.05) is 19.7 Å². The van der Waals surface area contributed by atoms with Crippen molar-refractivity contribution in [2.45, 2.75) is 37.5 Å². The van der Waals surface area contributed by atoms with Crippen LogP contribution < -0.4 is 10.6 Å². The molecule has 186 valence electrons. The molecule has 1 aliphatic rings. The molecule has 0 saturated carbocycles. The standard InChI is InChI=1S/C30H32N2O4/c1-2-36-29(35)30(23-14-7-4-8-15-23)19-18-25(24-16-9-10-17-26(24)30)28(34)32-21-11-20-31-27(33)22-12-5-3-6-13-22/h3-10,12-17,25H,2,11,18-21H2,1H3,(H,31,33)(H,32,34)/t25-,30+/m1/s1. The first kappa shape index (κ1) is 25.2. The van der Waals surface area contributed by atoms with Crippen LogP contribution >= 0.6 is 0 Å². The van der Waals surface area contributed by atoms with Crippen LogP contribution in [-0.4, -0.2) is 37.5 Å². The Morgan fingerprint density at radius 3 is 2.22 bits per heavy atom. The van der Waals surface area contributed by atoms with Gasteiger partial charge in [-0.1, -0.05) is 72.8 Å². The minimum Gasteiger partial charge on any atom is -0.465 e. The zero-order valence-electron chi connectivity index (χ0n) is 20.5. The first-order chi connectivity index (χ1) is 17.6. The molecule has 0 heterocycles. The molecule has 0 saturated heterocycles. The summed E-state index contributed by atoms with van der Waals surface area (Å²) in [6.45, 7) is 3.02. The number of hydrogen-bond donors (Lipinski definition) is 2. The average Bonchev–Trinajstić information content (AvgIpc) is 2.93. The molecule has 0 aromatic heterocycles. The quantitative estimate of drug-likeness (QED) is 0.349. The number of hydrogen-bond acceptors (Lipinski definition) is 4. The van der Waals surface area contributed by atoms with Crippen molar-refractivity contribution in [3.63, 3.8) is 0 Å². The van der Waals surface area contributed by atoms with Crippen LogP contribution in [0.3, 0.4) is 0 Å². The molecule has 1 aliphatic carbocycles. The molecular formula is C30H32N2O4. The van der Waals surface area contributed by atoms with E-state index in [0.29, 0.717) is 44.5 Å². The van der Waals surface area contributed by atoms with Crippen LogP contribution in [0, 0.1) is 0 Å². The number of esters is 1. The molecule has 3 aromatic carbocycles. The molecule has 3 aromatic rings. The van der Waals surface area contributed by atoms with Crippen LogP contribution in [-0.2, 0) is 19.7 Å². The molecule has 0 radical (unpaired) electrons. The van der Waals surface area contributed by atoms with Crippen LogP contribution in [0.4, 0.5) is 0 Å². The summed E-state index contributed by atoms with van der Waals surface area (Å²) in [4.78, 5) is 38.8. The van der Waals surface area contributed by atoms with Gasteiger partial charge in [0.25, 0.3) is 5.91 Å². The van der Waals surface area contributed by atoms with Crippen molar-refractivity contribution >= 4 is 17.8 Å². The monoisotopic (exact) mass is 484 g/mol. The van der Waals surface area contributed by atoms with Gasteiger partial charge < -0.3 is 15.4 Å². The van der Waals surface area contributed by atoms with Gasteiger partial charge in [-0.05, 0) is 55.0 Å². The third-order valence-electron chi connectivity index (χ3n) is 6.79. The maximum atomic E-state index is 13.4. The molecule has 0 bridgehead atoms. The van der Waals surface area contributed by atoms with Gasteiger partial charge in [0.15, 0.2) is 0 Å². The lowest BCUT2D eigenvalue weighted by molar-refractivity contribution is -0.149. The van der Waals surface area contributed by atoms with E-state index in [1.807, 2.05) is 79.7 Å². The Morgan fingerprint density at radius 2 is 1.50 bits per heavy atom. The van der Waals surface area contributed by atoms with E-state index in [-0.39, 0.29) is 23.7 Å². The normalized spacial score (nSPS) is 18.5. The number of benzene rings is 3. The first-order valence-electron chi connectivity index (χ1n) is 12.5. The van der Waals surface area contributed by atoms with Gasteiger partial charge in [-0.3, -0.25) is 14.4 Å². The summed E-state index contributed by atoms with van der Waals surface area (Å²) in [7, 11) is 0. The number of carbonyl (C=O) groups is 3. The zero-order chi connectivity index (χ0) is 25.4. The van der Waals surface area contributed by atoms with Gasteiger partial charge in [-0.25, -0.2) is 0 Å². The highest BCUT2D eigenvalue weighted by atomic mass is 16.5. The molecule has 0 unspecified atom stereocenters. The Hall–Kier alpha value is -3.93. The van der Waals surface area contributed by atoms with Crippen LogP contribution in [0.1, 0.15) is 59.2 Å². The highest BCUT2D eigenvalue weighted by Crippen LogP contribution is 2.47. The van der Waals surface area contributed by atoms with E-state index in [2.05, 4.69) is 10.6 Å². The van der Waals surface area contributed by atoms with Crippen molar-refractivity contribution < 1.29 is 19.1 Å². The van der Waals surface area contributed by atoms with Crippen molar-refractivity contribution in [2.24, 2.45) is 0 Å². The lowest BCUT2D eigenvalue weighted by Crippen LogP contribution is -2.45. The van der Waals surface area contributed by atoms with Gasteiger partial charge in [0.05, 0.1) is 12.5 Å². The molecule has 4 rings (SSSR count). The van der Waals surface area contributed by atoms with Crippen molar-refractivity contribution in [3.05, 3.63) is 107 Å². The topological polar surface area (TPSA) is 84.5 Å². The SMILES string of the molecule is CCOC(=O)[C@]1(c2ccccc2)CC[C@@H](C(=O)NCCCNC(=O)c2ccccc2)c2ccccc21. The first-order valence-corrected chi connectivity index (χ1v) is 12.5. The fourth-order valence-corrected chi connectivity index (χ4v) is 5.04. The Bertz CT molecular complexity index is 1200. The predicted molar refractivity (Wildman–Crippen MR) is 139 cm³/mol. The van der Waals surface area contributed by atoms with E-state index in [1.165, 1.54) is 0 Å². The van der Waals surface area contributed by atoms with Crippen molar-refractivity contribution in [1.29, 1.82) is 0 Å². The number of ether oxygens (including phenoxy) is 1. The van der Waals surface area contributed by atoms with Gasteiger partial charge in [0.2, 0.25) is 5.91 Å². The third-order valence-corrected chi connectivity index (χ3v) is 6.79. The molecule has 0 aliphatic heterocycles. The van der Waals surface area contributed by atoms with Crippen LogP contribution in [0.2, 0.25) is 0 Å². The fraction of sp³-hybridized carbons (Fsp3) is 0.300. The van der Waals surface area contributed by atoms with Crippen LogP contribution in [0.25, 0.3) is 0 Å². The van der Waals surface area contributed by atoms with Crippen LogP contribution in [0.5, 0.6) is 0 Å². The molecule has 36 heavy (non-hydrogen) atoms. The predicted octanol–water partition coefficient (Wildman–Crippen LogP) is 4.35. The Balaban J connectivity index is 1.45. The summed E-state index contributed by atoms with van der Waals surface area (Å²) >= 11 is 0. The number of nitrogens with one attached hydrogen (secondary N) is 2. The van der Waals surface area contributed by atoms with E-state index in [9.17, 15) is 14.4 Å². The summed E-state index contributed by atoms with van der Waals surface area (Å²) < 4.78 is 5.56. The van der Waals surface area contributed by atoms with Gasteiger partial charge in [-0.2, -0.15) is 0 Å².